The van der Waals surface area contributed by atoms with Gasteiger partial charge in [0, 0.05) is 23.8 Å². The Bertz CT molecular complexity index is 341. The minimum atomic E-state index is -0.0161. The maximum Gasteiger partial charge on any atom is 0.267 e. The predicted octanol–water partition coefficient (Wildman–Crippen LogP) is 1.95. The van der Waals surface area contributed by atoms with Crippen molar-refractivity contribution in [2.24, 2.45) is 0 Å². The van der Waals surface area contributed by atoms with E-state index in [4.69, 9.17) is 0 Å². The van der Waals surface area contributed by atoms with Crippen molar-refractivity contribution in [3.8, 4) is 0 Å². The first kappa shape index (κ1) is 8.81. The van der Waals surface area contributed by atoms with Gasteiger partial charge in [0.15, 0.2) is 0 Å². The normalized spacial score (nSPS) is 15.8. The minimum Gasteiger partial charge on any atom is -0.354 e. The van der Waals surface area contributed by atoms with Gasteiger partial charge >= 0.3 is 0 Å². The van der Waals surface area contributed by atoms with Crippen LogP contribution in [0.5, 0.6) is 0 Å². The maximum absolute atomic E-state index is 11.4. The fourth-order valence-corrected chi connectivity index (χ4v) is 1.85. The first-order valence-corrected chi connectivity index (χ1v) is 5.11. The van der Waals surface area contributed by atoms with Gasteiger partial charge in [0.25, 0.3) is 5.91 Å². The van der Waals surface area contributed by atoms with Gasteiger partial charge in [0.2, 0.25) is 0 Å². The summed E-state index contributed by atoms with van der Waals surface area (Å²) in [6.07, 6.45) is 4.35. The topological polar surface area (TPSA) is 34.0 Å². The van der Waals surface area contributed by atoms with Crippen molar-refractivity contribution in [2.75, 3.05) is 7.05 Å². The van der Waals surface area contributed by atoms with Gasteiger partial charge in [-0.2, -0.15) is 0 Å². The molecule has 1 saturated carbocycles. The summed E-state index contributed by atoms with van der Waals surface area (Å²) >= 11 is 3.38. The van der Waals surface area contributed by atoms with E-state index in [0.29, 0.717) is 6.04 Å². The van der Waals surface area contributed by atoms with Crippen LogP contribution in [0.2, 0.25) is 0 Å². The Morgan fingerprint density at radius 2 is 2.38 bits per heavy atom. The maximum atomic E-state index is 11.4. The van der Waals surface area contributed by atoms with Crippen molar-refractivity contribution in [2.45, 2.75) is 18.9 Å². The van der Waals surface area contributed by atoms with E-state index in [0.717, 1.165) is 10.2 Å². The predicted molar refractivity (Wildman–Crippen MR) is 53.8 cm³/mol. The third-order valence-corrected chi connectivity index (χ3v) is 2.65. The number of nitrogens with zero attached hydrogens (tertiary/aromatic N) is 1. The second kappa shape index (κ2) is 3.18. The number of rotatable bonds is 2. The van der Waals surface area contributed by atoms with E-state index in [1.54, 1.807) is 7.05 Å². The molecule has 1 aromatic rings. The average molecular weight is 243 g/mol. The number of amides is 1. The molecule has 13 heavy (non-hydrogen) atoms. The summed E-state index contributed by atoms with van der Waals surface area (Å²) in [5.41, 5.74) is 0.747. The highest BCUT2D eigenvalue weighted by molar-refractivity contribution is 9.10. The second-order valence-electron chi connectivity index (χ2n) is 3.26. The second-order valence-corrected chi connectivity index (χ2v) is 4.18. The first-order chi connectivity index (χ1) is 6.22. The number of aromatic nitrogens is 1. The molecule has 1 aliphatic carbocycles. The molecule has 0 atom stereocenters. The van der Waals surface area contributed by atoms with Crippen LogP contribution >= 0.6 is 15.9 Å². The third-order valence-electron chi connectivity index (χ3n) is 2.22. The van der Waals surface area contributed by atoms with Crippen molar-refractivity contribution in [3.63, 3.8) is 0 Å². The summed E-state index contributed by atoms with van der Waals surface area (Å²) in [5, 5.41) is 2.64. The Balaban J connectivity index is 2.36. The lowest BCUT2D eigenvalue weighted by atomic mass is 10.4. The summed E-state index contributed by atoms with van der Waals surface area (Å²) in [5.74, 6) is -0.0161. The molecule has 0 radical (unpaired) electrons. The molecule has 70 valence electrons. The molecule has 1 aromatic heterocycles. The zero-order valence-corrected chi connectivity index (χ0v) is 8.97. The quantitative estimate of drug-likeness (QED) is 0.846. The van der Waals surface area contributed by atoms with Gasteiger partial charge in [0.1, 0.15) is 5.69 Å². The largest absolute Gasteiger partial charge is 0.354 e. The lowest BCUT2D eigenvalue weighted by Crippen LogP contribution is -2.21. The number of nitrogens with one attached hydrogen (secondary N) is 1. The molecule has 1 fully saturated rings. The van der Waals surface area contributed by atoms with Gasteiger partial charge in [-0.25, -0.2) is 0 Å². The highest BCUT2D eigenvalue weighted by atomic mass is 79.9. The van der Waals surface area contributed by atoms with Crippen molar-refractivity contribution < 1.29 is 4.79 Å². The summed E-state index contributed by atoms with van der Waals surface area (Å²) in [7, 11) is 1.65. The summed E-state index contributed by atoms with van der Waals surface area (Å²) in [4.78, 5) is 11.4. The molecular weight excluding hydrogens is 232 g/mol. The molecule has 0 saturated heterocycles. The van der Waals surface area contributed by atoms with E-state index in [9.17, 15) is 4.79 Å². The van der Waals surface area contributed by atoms with Gasteiger partial charge in [-0.3, -0.25) is 4.79 Å². The smallest absolute Gasteiger partial charge is 0.267 e. The molecule has 1 N–H and O–H groups in total. The summed E-state index contributed by atoms with van der Waals surface area (Å²) in [6, 6.07) is 2.40. The van der Waals surface area contributed by atoms with Gasteiger partial charge < -0.3 is 9.88 Å². The van der Waals surface area contributed by atoms with Crippen molar-refractivity contribution in [1.82, 2.24) is 9.88 Å². The third kappa shape index (κ3) is 1.63. The highest BCUT2D eigenvalue weighted by Crippen LogP contribution is 2.37. The first-order valence-electron chi connectivity index (χ1n) is 4.32. The number of hydrogen-bond donors (Lipinski definition) is 1. The fourth-order valence-electron chi connectivity index (χ4n) is 1.41. The van der Waals surface area contributed by atoms with Gasteiger partial charge in [-0.15, -0.1) is 0 Å². The number of carbonyl (C=O) groups excluding carboxylic acids is 1. The Morgan fingerprint density at radius 1 is 1.69 bits per heavy atom. The number of hydrogen-bond acceptors (Lipinski definition) is 1. The standard InChI is InChI=1S/C9H11BrN2O/c1-11-9(13)8-4-6(10)5-12(8)7-2-3-7/h4-5,7H,2-3H2,1H3,(H,11,13). The van der Waals surface area contributed by atoms with E-state index in [2.05, 4.69) is 21.2 Å². The van der Waals surface area contributed by atoms with E-state index >= 15 is 0 Å². The van der Waals surface area contributed by atoms with Crippen LogP contribution in [0.1, 0.15) is 29.4 Å². The molecule has 2 rings (SSSR count). The fraction of sp³-hybridized carbons (Fsp3) is 0.444. The van der Waals surface area contributed by atoms with Crippen LogP contribution in [0, 0.1) is 0 Å². The van der Waals surface area contributed by atoms with E-state index in [1.165, 1.54) is 12.8 Å². The number of carbonyl (C=O) groups is 1. The van der Waals surface area contributed by atoms with E-state index < -0.39 is 0 Å². The van der Waals surface area contributed by atoms with E-state index in [-0.39, 0.29) is 5.91 Å². The molecular formula is C9H11BrN2O. The van der Waals surface area contributed by atoms with Crippen LogP contribution in [0.4, 0.5) is 0 Å². The Kier molecular flexibility index (Phi) is 2.15. The zero-order valence-electron chi connectivity index (χ0n) is 7.38. The number of halogens is 1. The van der Waals surface area contributed by atoms with Crippen molar-refractivity contribution in [3.05, 3.63) is 22.4 Å². The van der Waals surface area contributed by atoms with Gasteiger partial charge in [0.05, 0.1) is 0 Å². The van der Waals surface area contributed by atoms with Crippen LogP contribution in [0.25, 0.3) is 0 Å². The lowest BCUT2D eigenvalue weighted by Gasteiger charge is -2.04. The molecule has 1 aliphatic rings. The minimum absolute atomic E-state index is 0.0161. The Hall–Kier alpha value is -0.770. The molecule has 0 aliphatic heterocycles. The van der Waals surface area contributed by atoms with E-state index in [1.807, 2.05) is 16.8 Å². The SMILES string of the molecule is CNC(=O)c1cc(Br)cn1C1CC1. The van der Waals surface area contributed by atoms with Crippen LogP contribution in [-0.4, -0.2) is 17.5 Å². The van der Waals surface area contributed by atoms with Crippen LogP contribution < -0.4 is 5.32 Å². The van der Waals surface area contributed by atoms with Crippen LogP contribution in [0.15, 0.2) is 16.7 Å². The molecule has 0 unspecified atom stereocenters. The van der Waals surface area contributed by atoms with Crippen LogP contribution in [0.3, 0.4) is 0 Å². The highest BCUT2D eigenvalue weighted by Gasteiger charge is 2.27. The molecule has 0 spiro atoms. The Morgan fingerprint density at radius 3 is 2.92 bits per heavy atom. The van der Waals surface area contributed by atoms with Gasteiger partial charge in [-0.05, 0) is 34.8 Å². The molecule has 1 amide bonds. The van der Waals surface area contributed by atoms with Crippen molar-refractivity contribution >= 4 is 21.8 Å². The lowest BCUT2D eigenvalue weighted by molar-refractivity contribution is 0.0953. The summed E-state index contributed by atoms with van der Waals surface area (Å²) < 4.78 is 3.01. The van der Waals surface area contributed by atoms with Crippen molar-refractivity contribution in [1.29, 1.82) is 0 Å². The van der Waals surface area contributed by atoms with Gasteiger partial charge in [-0.1, -0.05) is 0 Å². The average Bonchev–Trinajstić information content (AvgIpc) is 2.89. The van der Waals surface area contributed by atoms with Crippen LogP contribution in [-0.2, 0) is 0 Å². The molecule has 0 aromatic carbocycles. The molecule has 4 heteroatoms. The molecule has 1 heterocycles. The summed E-state index contributed by atoms with van der Waals surface area (Å²) in [6.45, 7) is 0. The molecule has 3 nitrogen and oxygen atoms in total. The molecule has 0 bridgehead atoms. The Labute approximate surface area is 85.2 Å². The zero-order chi connectivity index (χ0) is 9.42. The monoisotopic (exact) mass is 242 g/mol.